The molecule has 1 aromatic heterocycles. The van der Waals surface area contributed by atoms with Crippen LogP contribution in [0, 0.1) is 0 Å². The third-order valence-electron chi connectivity index (χ3n) is 4.76. The highest BCUT2D eigenvalue weighted by molar-refractivity contribution is 5.63. The minimum absolute atomic E-state index is 0.553. The Hall–Kier alpha value is -3.12. The van der Waals surface area contributed by atoms with Crippen molar-refractivity contribution in [3.05, 3.63) is 60.9 Å². The van der Waals surface area contributed by atoms with Crippen LogP contribution < -0.4 is 14.8 Å². The predicted molar refractivity (Wildman–Crippen MR) is 117 cm³/mol. The van der Waals surface area contributed by atoms with E-state index in [0.29, 0.717) is 12.6 Å². The molecule has 29 heavy (non-hydrogen) atoms. The van der Waals surface area contributed by atoms with E-state index in [4.69, 9.17) is 9.47 Å². The van der Waals surface area contributed by atoms with Crippen LogP contribution >= 0.6 is 0 Å². The summed E-state index contributed by atoms with van der Waals surface area (Å²) in [6, 6.07) is 15.7. The van der Waals surface area contributed by atoms with Gasteiger partial charge < -0.3 is 19.7 Å². The van der Waals surface area contributed by atoms with Crippen molar-refractivity contribution in [3.8, 4) is 22.6 Å². The first-order chi connectivity index (χ1) is 14.2. The molecule has 0 fully saturated rings. The number of likely N-dealkylation sites (N-methyl/N-ethyl adjacent to an activating group) is 1. The molecule has 1 heterocycles. The van der Waals surface area contributed by atoms with Crippen LogP contribution in [0.1, 0.15) is 13.8 Å². The standard InChI is InChI=1S/C23H28N4O2/c1-4-27(5-2)14-15-29-22-12-8-20(9-13-22)26-23-24-16-19(17-25-23)18-6-10-21(28-3)11-7-18/h6-13,16-17H,4-5,14-15H2,1-3H3,(H,24,25,26). The normalized spacial score (nSPS) is 10.8. The van der Waals surface area contributed by atoms with Gasteiger partial charge in [0.2, 0.25) is 5.95 Å². The molecule has 3 rings (SSSR count). The van der Waals surface area contributed by atoms with Gasteiger partial charge in [0.15, 0.2) is 0 Å². The molecule has 0 radical (unpaired) electrons. The number of hydrogen-bond acceptors (Lipinski definition) is 6. The molecular weight excluding hydrogens is 364 g/mol. The zero-order valence-electron chi connectivity index (χ0n) is 17.3. The Balaban J connectivity index is 1.54. The summed E-state index contributed by atoms with van der Waals surface area (Å²) < 4.78 is 11.0. The number of rotatable bonds is 10. The van der Waals surface area contributed by atoms with Crippen molar-refractivity contribution in [1.82, 2.24) is 14.9 Å². The fourth-order valence-electron chi connectivity index (χ4n) is 2.92. The van der Waals surface area contributed by atoms with Gasteiger partial charge in [-0.3, -0.25) is 0 Å². The predicted octanol–water partition coefficient (Wildman–Crippen LogP) is 4.62. The topological polar surface area (TPSA) is 59.5 Å². The molecule has 6 nitrogen and oxygen atoms in total. The summed E-state index contributed by atoms with van der Waals surface area (Å²) in [4.78, 5) is 11.2. The van der Waals surface area contributed by atoms with Crippen molar-refractivity contribution in [1.29, 1.82) is 0 Å². The van der Waals surface area contributed by atoms with Crippen molar-refractivity contribution in [2.45, 2.75) is 13.8 Å². The van der Waals surface area contributed by atoms with Crippen LogP contribution in [0.25, 0.3) is 11.1 Å². The number of anilines is 2. The van der Waals surface area contributed by atoms with E-state index in [2.05, 4.69) is 34.0 Å². The molecule has 2 aromatic carbocycles. The molecule has 0 saturated heterocycles. The Kier molecular flexibility index (Phi) is 7.41. The zero-order chi connectivity index (χ0) is 20.5. The summed E-state index contributed by atoms with van der Waals surface area (Å²) in [5.41, 5.74) is 2.91. The third-order valence-corrected chi connectivity index (χ3v) is 4.76. The molecule has 0 amide bonds. The van der Waals surface area contributed by atoms with Gasteiger partial charge in [-0.2, -0.15) is 0 Å². The second-order valence-corrected chi connectivity index (χ2v) is 6.55. The molecule has 152 valence electrons. The maximum atomic E-state index is 5.82. The molecule has 3 aromatic rings. The van der Waals surface area contributed by atoms with Gasteiger partial charge in [-0.15, -0.1) is 0 Å². The first-order valence-corrected chi connectivity index (χ1v) is 9.90. The average Bonchev–Trinajstić information content (AvgIpc) is 2.78. The van der Waals surface area contributed by atoms with E-state index in [1.54, 1.807) is 7.11 Å². The second kappa shape index (κ2) is 10.4. The maximum Gasteiger partial charge on any atom is 0.227 e. The smallest absolute Gasteiger partial charge is 0.227 e. The first-order valence-electron chi connectivity index (χ1n) is 9.90. The summed E-state index contributed by atoms with van der Waals surface area (Å²) in [6.07, 6.45) is 3.61. The molecule has 0 spiro atoms. The zero-order valence-corrected chi connectivity index (χ0v) is 17.3. The van der Waals surface area contributed by atoms with Gasteiger partial charge >= 0.3 is 0 Å². The number of benzene rings is 2. The Morgan fingerprint density at radius 3 is 2.03 bits per heavy atom. The summed E-state index contributed by atoms with van der Waals surface area (Å²) >= 11 is 0. The molecule has 0 aliphatic rings. The van der Waals surface area contributed by atoms with Crippen molar-refractivity contribution in [3.63, 3.8) is 0 Å². The average molecular weight is 393 g/mol. The maximum absolute atomic E-state index is 5.82. The summed E-state index contributed by atoms with van der Waals surface area (Å²) in [5, 5.41) is 3.21. The molecule has 0 atom stereocenters. The van der Waals surface area contributed by atoms with E-state index in [0.717, 1.165) is 47.9 Å². The molecule has 0 bridgehead atoms. The number of methoxy groups -OCH3 is 1. The van der Waals surface area contributed by atoms with Crippen LogP contribution in [0.3, 0.4) is 0 Å². The van der Waals surface area contributed by atoms with E-state index in [9.17, 15) is 0 Å². The molecule has 6 heteroatoms. The summed E-state index contributed by atoms with van der Waals surface area (Å²) in [7, 11) is 1.66. The minimum atomic E-state index is 0.553. The van der Waals surface area contributed by atoms with E-state index < -0.39 is 0 Å². The van der Waals surface area contributed by atoms with Crippen molar-refractivity contribution >= 4 is 11.6 Å². The molecule has 0 unspecified atom stereocenters. The fraction of sp³-hybridized carbons (Fsp3) is 0.304. The lowest BCUT2D eigenvalue weighted by Gasteiger charge is -2.18. The molecular formula is C23H28N4O2. The lowest BCUT2D eigenvalue weighted by molar-refractivity contribution is 0.223. The van der Waals surface area contributed by atoms with Crippen LogP contribution in [0.4, 0.5) is 11.6 Å². The Morgan fingerprint density at radius 2 is 1.45 bits per heavy atom. The van der Waals surface area contributed by atoms with Gasteiger partial charge in [0.1, 0.15) is 18.1 Å². The number of nitrogens with one attached hydrogen (secondary N) is 1. The van der Waals surface area contributed by atoms with Gasteiger partial charge in [-0.05, 0) is 55.1 Å². The van der Waals surface area contributed by atoms with Crippen molar-refractivity contribution < 1.29 is 9.47 Å². The molecule has 0 saturated carbocycles. The van der Waals surface area contributed by atoms with E-state index in [1.807, 2.05) is 60.9 Å². The van der Waals surface area contributed by atoms with E-state index in [-0.39, 0.29) is 0 Å². The largest absolute Gasteiger partial charge is 0.497 e. The monoisotopic (exact) mass is 392 g/mol. The van der Waals surface area contributed by atoms with Crippen LogP contribution in [0.2, 0.25) is 0 Å². The van der Waals surface area contributed by atoms with Gasteiger partial charge in [0.25, 0.3) is 0 Å². The van der Waals surface area contributed by atoms with E-state index in [1.165, 1.54) is 0 Å². The van der Waals surface area contributed by atoms with Crippen molar-refractivity contribution in [2.75, 3.05) is 38.7 Å². The van der Waals surface area contributed by atoms with Crippen LogP contribution in [-0.2, 0) is 0 Å². The molecule has 0 aliphatic carbocycles. The van der Waals surface area contributed by atoms with Crippen LogP contribution in [0.15, 0.2) is 60.9 Å². The molecule has 1 N–H and O–H groups in total. The number of hydrogen-bond donors (Lipinski definition) is 1. The number of nitrogens with zero attached hydrogens (tertiary/aromatic N) is 3. The highest BCUT2D eigenvalue weighted by Crippen LogP contribution is 2.23. The second-order valence-electron chi connectivity index (χ2n) is 6.55. The first kappa shape index (κ1) is 20.6. The minimum Gasteiger partial charge on any atom is -0.497 e. The molecule has 0 aliphatic heterocycles. The van der Waals surface area contributed by atoms with E-state index >= 15 is 0 Å². The Bertz CT molecular complexity index is 861. The van der Waals surface area contributed by atoms with Crippen molar-refractivity contribution in [2.24, 2.45) is 0 Å². The highest BCUT2D eigenvalue weighted by Gasteiger charge is 2.03. The van der Waals surface area contributed by atoms with Gasteiger partial charge in [-0.25, -0.2) is 9.97 Å². The third kappa shape index (κ3) is 5.93. The lowest BCUT2D eigenvalue weighted by atomic mass is 10.1. The quantitative estimate of drug-likeness (QED) is 0.543. The van der Waals surface area contributed by atoms with Crippen LogP contribution in [-0.4, -0.2) is 48.2 Å². The SMILES string of the molecule is CCN(CC)CCOc1ccc(Nc2ncc(-c3ccc(OC)cc3)cn2)cc1. The summed E-state index contributed by atoms with van der Waals surface area (Å²) in [5.74, 6) is 2.24. The lowest BCUT2D eigenvalue weighted by Crippen LogP contribution is -2.27. The fourth-order valence-corrected chi connectivity index (χ4v) is 2.92. The summed E-state index contributed by atoms with van der Waals surface area (Å²) in [6.45, 7) is 8.02. The van der Waals surface area contributed by atoms with Gasteiger partial charge in [0, 0.05) is 30.2 Å². The van der Waals surface area contributed by atoms with Crippen LogP contribution in [0.5, 0.6) is 11.5 Å². The Morgan fingerprint density at radius 1 is 0.828 bits per heavy atom. The van der Waals surface area contributed by atoms with Gasteiger partial charge in [-0.1, -0.05) is 26.0 Å². The Labute approximate surface area is 172 Å². The van der Waals surface area contributed by atoms with Gasteiger partial charge in [0.05, 0.1) is 7.11 Å². The number of aromatic nitrogens is 2. The highest BCUT2D eigenvalue weighted by atomic mass is 16.5. The number of ether oxygens (including phenoxy) is 2.